The van der Waals surface area contributed by atoms with Crippen LogP contribution in [0.15, 0.2) is 18.2 Å². The van der Waals surface area contributed by atoms with Crippen LogP contribution in [0.1, 0.15) is 36.4 Å². The first-order valence-corrected chi connectivity index (χ1v) is 5.90. The molecule has 0 saturated heterocycles. The average molecular weight is 238 g/mol. The molecule has 1 atom stereocenters. The Balaban J connectivity index is 2.34. The van der Waals surface area contributed by atoms with Gasteiger partial charge in [0.25, 0.3) is 0 Å². The van der Waals surface area contributed by atoms with Gasteiger partial charge in [0.2, 0.25) is 0 Å². The largest absolute Gasteiger partial charge is 0.376 e. The molecule has 0 spiro atoms. The molecular weight excluding hydrogens is 219 g/mol. The number of hydrogen-bond acceptors (Lipinski definition) is 3. The van der Waals surface area contributed by atoms with E-state index in [1.54, 1.807) is 7.11 Å². The first-order chi connectivity index (χ1) is 8.11. The second-order valence-corrected chi connectivity index (χ2v) is 4.78. The number of hydrogen-bond donors (Lipinski definition) is 2. The lowest BCUT2D eigenvalue weighted by molar-refractivity contribution is -0.0999. The van der Waals surface area contributed by atoms with Crippen LogP contribution in [0, 0.1) is 12.7 Å². The van der Waals surface area contributed by atoms with E-state index in [1.807, 2.05) is 13.0 Å². The van der Waals surface area contributed by atoms with Crippen molar-refractivity contribution < 1.29 is 9.13 Å². The molecule has 0 radical (unpaired) electrons. The van der Waals surface area contributed by atoms with Gasteiger partial charge in [-0.25, -0.2) is 4.39 Å². The monoisotopic (exact) mass is 238 g/mol. The van der Waals surface area contributed by atoms with E-state index in [-0.39, 0.29) is 17.5 Å². The normalized spacial score (nSPS) is 19.8. The van der Waals surface area contributed by atoms with Gasteiger partial charge in [0.05, 0.1) is 11.6 Å². The zero-order chi connectivity index (χ0) is 12.5. The van der Waals surface area contributed by atoms with Gasteiger partial charge in [0, 0.05) is 7.11 Å². The molecule has 2 rings (SSSR count). The highest BCUT2D eigenvalue weighted by molar-refractivity contribution is 5.29. The summed E-state index contributed by atoms with van der Waals surface area (Å²) in [6.07, 6.45) is 3.03. The van der Waals surface area contributed by atoms with E-state index in [0.717, 1.165) is 30.4 Å². The second-order valence-electron chi connectivity index (χ2n) is 4.78. The number of aryl methyl sites for hydroxylation is 1. The van der Waals surface area contributed by atoms with Gasteiger partial charge in [0.15, 0.2) is 0 Å². The van der Waals surface area contributed by atoms with E-state index in [1.165, 1.54) is 12.1 Å². The molecule has 1 fully saturated rings. The molecule has 1 aromatic rings. The van der Waals surface area contributed by atoms with Crippen LogP contribution in [-0.4, -0.2) is 12.7 Å². The van der Waals surface area contributed by atoms with E-state index in [0.29, 0.717) is 0 Å². The van der Waals surface area contributed by atoms with Crippen molar-refractivity contribution in [1.29, 1.82) is 0 Å². The smallest absolute Gasteiger partial charge is 0.123 e. The van der Waals surface area contributed by atoms with Crippen LogP contribution < -0.4 is 11.3 Å². The van der Waals surface area contributed by atoms with Crippen LogP contribution in [0.3, 0.4) is 0 Å². The Bertz CT molecular complexity index is 379. The van der Waals surface area contributed by atoms with Crippen molar-refractivity contribution >= 4 is 0 Å². The fourth-order valence-corrected chi connectivity index (χ4v) is 2.62. The molecule has 1 unspecified atom stereocenters. The van der Waals surface area contributed by atoms with E-state index < -0.39 is 0 Å². The predicted octanol–water partition coefficient (Wildman–Crippen LogP) is 2.21. The fraction of sp³-hybridized carbons (Fsp3) is 0.538. The lowest BCUT2D eigenvalue weighted by Gasteiger charge is -2.46. The molecule has 3 N–H and O–H groups in total. The van der Waals surface area contributed by atoms with Gasteiger partial charge in [0.1, 0.15) is 5.82 Å². The van der Waals surface area contributed by atoms with Gasteiger partial charge >= 0.3 is 0 Å². The van der Waals surface area contributed by atoms with Crippen molar-refractivity contribution in [1.82, 2.24) is 5.43 Å². The van der Waals surface area contributed by atoms with Gasteiger partial charge in [-0.15, -0.1) is 0 Å². The first kappa shape index (κ1) is 12.5. The number of rotatable bonds is 4. The molecule has 17 heavy (non-hydrogen) atoms. The molecule has 1 aliphatic rings. The zero-order valence-corrected chi connectivity index (χ0v) is 10.3. The number of ether oxygens (including phenoxy) is 1. The Hall–Kier alpha value is -0.970. The highest BCUT2D eigenvalue weighted by atomic mass is 19.1. The van der Waals surface area contributed by atoms with Crippen molar-refractivity contribution in [3.05, 3.63) is 35.1 Å². The fourth-order valence-electron chi connectivity index (χ4n) is 2.62. The molecule has 0 aliphatic heterocycles. The molecule has 1 saturated carbocycles. The predicted molar refractivity (Wildman–Crippen MR) is 64.8 cm³/mol. The third-order valence-electron chi connectivity index (χ3n) is 3.70. The highest BCUT2D eigenvalue weighted by Gasteiger charge is 2.45. The van der Waals surface area contributed by atoms with Gasteiger partial charge in [-0.2, -0.15) is 0 Å². The van der Waals surface area contributed by atoms with E-state index >= 15 is 0 Å². The zero-order valence-electron chi connectivity index (χ0n) is 10.3. The number of nitrogens with one attached hydrogen (secondary N) is 1. The summed E-state index contributed by atoms with van der Waals surface area (Å²) in [5.41, 5.74) is 4.24. The molecule has 0 bridgehead atoms. The Kier molecular flexibility index (Phi) is 3.47. The van der Waals surface area contributed by atoms with Gasteiger partial charge in [-0.1, -0.05) is 6.07 Å². The summed E-state index contributed by atoms with van der Waals surface area (Å²) < 4.78 is 19.0. The number of nitrogens with two attached hydrogens (primary N) is 1. The number of methoxy groups -OCH3 is 1. The molecule has 0 heterocycles. The first-order valence-electron chi connectivity index (χ1n) is 5.90. The maximum Gasteiger partial charge on any atom is 0.123 e. The van der Waals surface area contributed by atoms with E-state index in [4.69, 9.17) is 10.6 Å². The Morgan fingerprint density at radius 2 is 2.12 bits per heavy atom. The van der Waals surface area contributed by atoms with Crippen molar-refractivity contribution in [3.8, 4) is 0 Å². The highest BCUT2D eigenvalue weighted by Crippen LogP contribution is 2.44. The topological polar surface area (TPSA) is 47.3 Å². The molecule has 1 aromatic carbocycles. The van der Waals surface area contributed by atoms with Crippen LogP contribution in [0.4, 0.5) is 4.39 Å². The summed E-state index contributed by atoms with van der Waals surface area (Å²) in [5.74, 6) is 5.39. The summed E-state index contributed by atoms with van der Waals surface area (Å²) in [6, 6.07) is 4.83. The lowest BCUT2D eigenvalue weighted by atomic mass is 9.72. The minimum Gasteiger partial charge on any atom is -0.376 e. The molecular formula is C13H19FN2O. The Morgan fingerprint density at radius 1 is 1.41 bits per heavy atom. The summed E-state index contributed by atoms with van der Waals surface area (Å²) in [7, 11) is 1.69. The average Bonchev–Trinajstić information content (AvgIpc) is 2.21. The Morgan fingerprint density at radius 3 is 2.53 bits per heavy atom. The van der Waals surface area contributed by atoms with Gasteiger partial charge in [-0.3, -0.25) is 11.3 Å². The quantitative estimate of drug-likeness (QED) is 0.624. The summed E-state index contributed by atoms with van der Waals surface area (Å²) in [4.78, 5) is 0. The Labute approximate surface area is 101 Å². The maximum absolute atomic E-state index is 13.4. The standard InChI is InChI=1S/C13H19FN2O/c1-9-6-10(8-11(14)7-9)12(16-15)13(17-2)4-3-5-13/h6-8,12,16H,3-5,15H2,1-2H3. The lowest BCUT2D eigenvalue weighted by Crippen LogP contribution is -2.52. The van der Waals surface area contributed by atoms with Crippen molar-refractivity contribution in [2.45, 2.75) is 37.8 Å². The summed E-state index contributed by atoms with van der Waals surface area (Å²) in [5, 5.41) is 0. The van der Waals surface area contributed by atoms with Crippen LogP contribution in [-0.2, 0) is 4.74 Å². The van der Waals surface area contributed by atoms with Crippen LogP contribution in [0.2, 0.25) is 0 Å². The van der Waals surface area contributed by atoms with E-state index in [2.05, 4.69) is 5.43 Å². The minimum absolute atomic E-state index is 0.157. The van der Waals surface area contributed by atoms with Crippen molar-refractivity contribution in [2.24, 2.45) is 5.84 Å². The molecule has 0 amide bonds. The van der Waals surface area contributed by atoms with Crippen LogP contribution in [0.25, 0.3) is 0 Å². The van der Waals surface area contributed by atoms with E-state index in [9.17, 15) is 4.39 Å². The molecule has 3 nitrogen and oxygen atoms in total. The van der Waals surface area contributed by atoms with Gasteiger partial charge < -0.3 is 4.74 Å². The molecule has 1 aliphatic carbocycles. The van der Waals surface area contributed by atoms with Crippen molar-refractivity contribution in [3.63, 3.8) is 0 Å². The van der Waals surface area contributed by atoms with Gasteiger partial charge in [-0.05, 0) is 49.4 Å². The molecule has 4 heteroatoms. The minimum atomic E-state index is -0.283. The summed E-state index contributed by atoms with van der Waals surface area (Å²) >= 11 is 0. The number of hydrazine groups is 1. The molecule has 94 valence electrons. The third-order valence-corrected chi connectivity index (χ3v) is 3.70. The summed E-state index contributed by atoms with van der Waals surface area (Å²) in [6.45, 7) is 1.88. The number of benzene rings is 1. The number of halogens is 1. The van der Waals surface area contributed by atoms with Crippen LogP contribution in [0.5, 0.6) is 0 Å². The second kappa shape index (κ2) is 4.72. The maximum atomic E-state index is 13.4. The SMILES string of the molecule is COC1(C(NN)c2cc(C)cc(F)c2)CCC1. The van der Waals surface area contributed by atoms with Crippen LogP contribution >= 0.6 is 0 Å². The third kappa shape index (κ3) is 2.20. The van der Waals surface area contributed by atoms with Crippen molar-refractivity contribution in [2.75, 3.05) is 7.11 Å². The molecule has 0 aromatic heterocycles.